The zero-order chi connectivity index (χ0) is 11.7. The van der Waals surface area contributed by atoms with Crippen LogP contribution in [-0.4, -0.2) is 10.2 Å². The first-order chi connectivity index (χ1) is 7.56. The molecule has 0 spiro atoms. The Kier molecular flexibility index (Phi) is 2.83. The Morgan fingerprint density at radius 1 is 0.938 bits per heavy atom. The van der Waals surface area contributed by atoms with Gasteiger partial charge in [-0.15, -0.1) is 0 Å². The number of halogens is 2. The van der Waals surface area contributed by atoms with E-state index in [9.17, 15) is 9.50 Å². The van der Waals surface area contributed by atoms with Crippen LogP contribution in [0.5, 0.6) is 11.5 Å². The minimum absolute atomic E-state index is 0.0952. The molecule has 0 saturated carbocycles. The first-order valence-electron chi connectivity index (χ1n) is 4.55. The minimum Gasteiger partial charge on any atom is -0.508 e. The molecule has 2 N–H and O–H groups in total. The predicted molar refractivity (Wildman–Crippen MR) is 62.9 cm³/mol. The van der Waals surface area contributed by atoms with E-state index in [1.165, 1.54) is 18.2 Å². The molecule has 2 rings (SSSR count). The SMILES string of the molecule is Oc1cc(Br)cc(-c2ccc(O)c(F)c2)c1. The number of aromatic hydroxyl groups is 2. The van der Waals surface area contributed by atoms with Gasteiger partial charge in [0.25, 0.3) is 0 Å². The van der Waals surface area contributed by atoms with Crippen LogP contribution >= 0.6 is 15.9 Å². The number of phenols is 2. The second kappa shape index (κ2) is 4.14. The topological polar surface area (TPSA) is 40.5 Å². The molecule has 4 heteroatoms. The van der Waals surface area contributed by atoms with Gasteiger partial charge in [0.15, 0.2) is 11.6 Å². The van der Waals surface area contributed by atoms with Gasteiger partial charge >= 0.3 is 0 Å². The van der Waals surface area contributed by atoms with Crippen molar-refractivity contribution in [1.29, 1.82) is 0 Å². The van der Waals surface area contributed by atoms with E-state index in [-0.39, 0.29) is 11.5 Å². The molecule has 0 saturated heterocycles. The van der Waals surface area contributed by atoms with E-state index < -0.39 is 5.82 Å². The van der Waals surface area contributed by atoms with Gasteiger partial charge < -0.3 is 10.2 Å². The van der Waals surface area contributed by atoms with Crippen LogP contribution in [0.15, 0.2) is 40.9 Å². The van der Waals surface area contributed by atoms with E-state index in [0.717, 1.165) is 0 Å². The van der Waals surface area contributed by atoms with Gasteiger partial charge in [-0.25, -0.2) is 4.39 Å². The molecular formula is C12H8BrFO2. The van der Waals surface area contributed by atoms with Crippen molar-refractivity contribution < 1.29 is 14.6 Å². The maximum atomic E-state index is 13.1. The summed E-state index contributed by atoms with van der Waals surface area (Å²) < 4.78 is 13.8. The third kappa shape index (κ3) is 2.17. The van der Waals surface area contributed by atoms with E-state index >= 15 is 0 Å². The third-order valence-corrected chi connectivity index (χ3v) is 2.62. The van der Waals surface area contributed by atoms with Gasteiger partial charge in [0, 0.05) is 4.47 Å². The molecule has 0 aromatic heterocycles. The van der Waals surface area contributed by atoms with E-state index in [1.54, 1.807) is 18.2 Å². The fourth-order valence-electron chi connectivity index (χ4n) is 1.43. The van der Waals surface area contributed by atoms with Crippen LogP contribution in [0, 0.1) is 5.82 Å². The summed E-state index contributed by atoms with van der Waals surface area (Å²) in [5.74, 6) is -0.974. The van der Waals surface area contributed by atoms with Gasteiger partial charge in [0.2, 0.25) is 0 Å². The molecule has 0 fully saturated rings. The highest BCUT2D eigenvalue weighted by Crippen LogP contribution is 2.30. The van der Waals surface area contributed by atoms with Crippen LogP contribution in [0.2, 0.25) is 0 Å². The van der Waals surface area contributed by atoms with Gasteiger partial charge in [-0.1, -0.05) is 22.0 Å². The molecule has 0 bridgehead atoms. The third-order valence-electron chi connectivity index (χ3n) is 2.16. The Balaban J connectivity index is 2.54. The molecule has 0 aliphatic heterocycles. The van der Waals surface area contributed by atoms with Crippen LogP contribution < -0.4 is 0 Å². The van der Waals surface area contributed by atoms with Crippen molar-refractivity contribution >= 4 is 15.9 Å². The standard InChI is InChI=1S/C12H8BrFO2/c13-9-3-8(4-10(15)6-9)7-1-2-12(16)11(14)5-7/h1-6,15-16H. The largest absolute Gasteiger partial charge is 0.508 e. The number of phenolic OH excluding ortho intramolecular Hbond substituents is 2. The smallest absolute Gasteiger partial charge is 0.165 e. The van der Waals surface area contributed by atoms with Crippen LogP contribution in [0.1, 0.15) is 0 Å². The maximum Gasteiger partial charge on any atom is 0.165 e. The summed E-state index contributed by atoms with van der Waals surface area (Å²) in [5.41, 5.74) is 1.26. The number of hydrogen-bond donors (Lipinski definition) is 2. The lowest BCUT2D eigenvalue weighted by Gasteiger charge is -2.04. The molecule has 16 heavy (non-hydrogen) atoms. The summed E-state index contributed by atoms with van der Waals surface area (Å²) in [4.78, 5) is 0. The quantitative estimate of drug-likeness (QED) is 0.838. The second-order valence-electron chi connectivity index (χ2n) is 3.36. The Morgan fingerprint density at radius 3 is 2.31 bits per heavy atom. The average Bonchev–Trinajstić information content (AvgIpc) is 2.20. The van der Waals surface area contributed by atoms with Crippen molar-refractivity contribution in [2.45, 2.75) is 0 Å². The molecule has 0 atom stereocenters. The van der Waals surface area contributed by atoms with Crippen molar-refractivity contribution in [3.63, 3.8) is 0 Å². The highest BCUT2D eigenvalue weighted by molar-refractivity contribution is 9.10. The molecule has 2 aromatic carbocycles. The molecule has 0 radical (unpaired) electrons. The summed E-state index contributed by atoms with van der Waals surface area (Å²) in [5, 5.41) is 18.5. The van der Waals surface area contributed by atoms with E-state index in [1.807, 2.05) is 0 Å². The van der Waals surface area contributed by atoms with Gasteiger partial charge in [0.1, 0.15) is 5.75 Å². The highest BCUT2D eigenvalue weighted by atomic mass is 79.9. The molecule has 0 aliphatic rings. The lowest BCUT2D eigenvalue weighted by molar-refractivity contribution is 0.432. The van der Waals surface area contributed by atoms with Gasteiger partial charge in [-0.2, -0.15) is 0 Å². The number of rotatable bonds is 1. The summed E-state index contributed by atoms with van der Waals surface area (Å²) in [7, 11) is 0. The molecule has 82 valence electrons. The fourth-order valence-corrected chi connectivity index (χ4v) is 1.91. The first kappa shape index (κ1) is 11.0. The van der Waals surface area contributed by atoms with E-state index in [0.29, 0.717) is 15.6 Å². The van der Waals surface area contributed by atoms with E-state index in [2.05, 4.69) is 15.9 Å². The van der Waals surface area contributed by atoms with Crippen LogP contribution in [0.3, 0.4) is 0 Å². The van der Waals surface area contributed by atoms with Crippen molar-refractivity contribution in [2.24, 2.45) is 0 Å². The van der Waals surface area contributed by atoms with Gasteiger partial charge in [-0.05, 0) is 41.5 Å². The van der Waals surface area contributed by atoms with E-state index in [4.69, 9.17) is 5.11 Å². The van der Waals surface area contributed by atoms with Crippen molar-refractivity contribution in [1.82, 2.24) is 0 Å². The highest BCUT2D eigenvalue weighted by Gasteiger charge is 2.05. The van der Waals surface area contributed by atoms with Crippen LogP contribution in [-0.2, 0) is 0 Å². The first-order valence-corrected chi connectivity index (χ1v) is 5.34. The zero-order valence-corrected chi connectivity index (χ0v) is 9.70. The summed E-state index contributed by atoms with van der Waals surface area (Å²) >= 11 is 3.24. The summed E-state index contributed by atoms with van der Waals surface area (Å²) in [6.07, 6.45) is 0. The zero-order valence-electron chi connectivity index (χ0n) is 8.11. The number of benzene rings is 2. The lowest BCUT2D eigenvalue weighted by atomic mass is 10.1. The average molecular weight is 283 g/mol. The fraction of sp³-hybridized carbons (Fsp3) is 0. The maximum absolute atomic E-state index is 13.1. The van der Waals surface area contributed by atoms with Crippen LogP contribution in [0.4, 0.5) is 4.39 Å². The second-order valence-corrected chi connectivity index (χ2v) is 4.28. The van der Waals surface area contributed by atoms with Gasteiger partial charge in [0.05, 0.1) is 0 Å². The molecule has 0 heterocycles. The van der Waals surface area contributed by atoms with Crippen LogP contribution in [0.25, 0.3) is 11.1 Å². The minimum atomic E-state index is -0.683. The summed E-state index contributed by atoms with van der Waals surface area (Å²) in [6.45, 7) is 0. The Bertz CT molecular complexity index is 520. The van der Waals surface area contributed by atoms with Gasteiger partial charge in [-0.3, -0.25) is 0 Å². The molecular weight excluding hydrogens is 275 g/mol. The summed E-state index contributed by atoms with van der Waals surface area (Å²) in [6, 6.07) is 8.90. The molecule has 0 amide bonds. The van der Waals surface area contributed by atoms with Crippen molar-refractivity contribution in [3.05, 3.63) is 46.7 Å². The molecule has 2 aromatic rings. The predicted octanol–water partition coefficient (Wildman–Crippen LogP) is 3.67. The number of hydrogen-bond acceptors (Lipinski definition) is 2. The van der Waals surface area contributed by atoms with Crippen molar-refractivity contribution in [3.8, 4) is 22.6 Å². The monoisotopic (exact) mass is 282 g/mol. The normalized spacial score (nSPS) is 10.4. The Hall–Kier alpha value is -1.55. The molecule has 0 unspecified atom stereocenters. The molecule has 0 aliphatic carbocycles. The molecule has 2 nitrogen and oxygen atoms in total. The Morgan fingerprint density at radius 2 is 1.69 bits per heavy atom. The van der Waals surface area contributed by atoms with Crippen molar-refractivity contribution in [2.75, 3.05) is 0 Å². The Labute approximate surface area is 100 Å². The lowest BCUT2D eigenvalue weighted by Crippen LogP contribution is -1.81.